The van der Waals surface area contributed by atoms with Gasteiger partial charge in [-0.3, -0.25) is 0 Å². The molecule has 4 amide bonds. The van der Waals surface area contributed by atoms with E-state index in [1.165, 1.54) is 6.42 Å². The molecule has 8 heteroatoms. The zero-order valence-electron chi connectivity index (χ0n) is 17.8. The Morgan fingerprint density at radius 3 is 1.48 bits per heavy atom. The minimum absolute atomic E-state index is 0.319. The Morgan fingerprint density at radius 1 is 0.636 bits per heavy atom. The van der Waals surface area contributed by atoms with Crippen molar-refractivity contribution in [3.63, 3.8) is 0 Å². The van der Waals surface area contributed by atoms with Crippen molar-refractivity contribution in [3.8, 4) is 0 Å². The molecule has 0 unspecified atom stereocenters. The lowest BCUT2D eigenvalue weighted by molar-refractivity contribution is 0.0654. The Balaban J connectivity index is 1.07. The number of hydrazone groups is 2. The molecular weight excluding hydrogens is 416 g/mol. The molecule has 0 saturated heterocycles. The number of benzene rings is 2. The number of urea groups is 2. The number of fused-ring (bicyclic) bond motifs is 2. The van der Waals surface area contributed by atoms with Crippen molar-refractivity contribution < 1.29 is 9.59 Å². The molecule has 5 aliphatic carbocycles. The fraction of sp³-hybridized carbons (Fsp3) is 0.360. The van der Waals surface area contributed by atoms with E-state index in [1.54, 1.807) is 0 Å². The standard InChI is InChI=1S/C25H24N6O2/c32-24(26-12-7-3-1-4-8-12)30-28-22-18-14-11-15-17-16(14)20(22)21(17)23(19(15)18)29-31-25(33)27-13-9-5-2-6-10-13/h1-10,14-21H,11H2,(H2,26,30,32)(H2,27,31,33)/b28-22-,29-23-/t14-,15-,16-,17+,18-,19-,20+,21+/m0/s1. The summed E-state index contributed by atoms with van der Waals surface area (Å²) in [6.45, 7) is 0. The van der Waals surface area contributed by atoms with Crippen LogP contribution < -0.4 is 21.5 Å². The predicted molar refractivity (Wildman–Crippen MR) is 125 cm³/mol. The summed E-state index contributed by atoms with van der Waals surface area (Å²) in [5, 5.41) is 14.9. The topological polar surface area (TPSA) is 107 Å². The lowest BCUT2D eigenvalue weighted by atomic mass is 9.59. The van der Waals surface area contributed by atoms with Crippen LogP contribution in [-0.2, 0) is 0 Å². The normalized spacial score (nSPS) is 37.9. The van der Waals surface area contributed by atoms with E-state index in [0.717, 1.165) is 22.8 Å². The molecule has 2 bridgehead atoms. The van der Waals surface area contributed by atoms with Crippen LogP contribution >= 0.6 is 0 Å². The summed E-state index contributed by atoms with van der Waals surface area (Å²) in [6, 6.07) is 18.1. The summed E-state index contributed by atoms with van der Waals surface area (Å²) in [6.07, 6.45) is 1.22. The first-order chi connectivity index (χ1) is 16.2. The van der Waals surface area contributed by atoms with Gasteiger partial charge in [0.05, 0.1) is 0 Å². The summed E-state index contributed by atoms with van der Waals surface area (Å²) in [4.78, 5) is 24.7. The average molecular weight is 441 g/mol. The van der Waals surface area contributed by atoms with Gasteiger partial charge >= 0.3 is 12.1 Å². The molecule has 166 valence electrons. The fourth-order valence-corrected chi connectivity index (χ4v) is 7.75. The molecule has 0 radical (unpaired) electrons. The third-order valence-electron chi connectivity index (χ3n) is 8.51. The molecule has 2 aromatic carbocycles. The Hall–Kier alpha value is -3.68. The lowest BCUT2D eigenvalue weighted by Crippen LogP contribution is -2.49. The summed E-state index contributed by atoms with van der Waals surface area (Å²) in [7, 11) is 0. The second-order valence-corrected chi connectivity index (χ2v) is 9.76. The van der Waals surface area contributed by atoms with Crippen LogP contribution in [0.15, 0.2) is 70.9 Å². The first-order valence-electron chi connectivity index (χ1n) is 11.6. The molecular formula is C25H24N6O2. The van der Waals surface area contributed by atoms with E-state index in [-0.39, 0.29) is 12.1 Å². The van der Waals surface area contributed by atoms with Gasteiger partial charge in [-0.2, -0.15) is 10.2 Å². The van der Waals surface area contributed by atoms with Gasteiger partial charge in [-0.15, -0.1) is 0 Å². The molecule has 8 nitrogen and oxygen atoms in total. The van der Waals surface area contributed by atoms with Crippen molar-refractivity contribution in [2.24, 2.45) is 57.5 Å². The van der Waals surface area contributed by atoms with Crippen LogP contribution in [0.2, 0.25) is 0 Å². The number of anilines is 2. The highest BCUT2D eigenvalue weighted by molar-refractivity contribution is 6.11. The van der Waals surface area contributed by atoms with Crippen LogP contribution in [0.25, 0.3) is 0 Å². The van der Waals surface area contributed by atoms with Gasteiger partial charge in [0.15, 0.2) is 0 Å². The van der Waals surface area contributed by atoms with Gasteiger partial charge in [0.25, 0.3) is 0 Å². The van der Waals surface area contributed by atoms with Crippen LogP contribution in [-0.4, -0.2) is 23.5 Å². The fourth-order valence-electron chi connectivity index (χ4n) is 7.75. The maximum Gasteiger partial charge on any atom is 0.339 e. The quantitative estimate of drug-likeness (QED) is 0.544. The van der Waals surface area contributed by atoms with Crippen molar-refractivity contribution in [2.75, 3.05) is 10.6 Å². The molecule has 4 N–H and O–H groups in total. The number of nitrogens with one attached hydrogen (secondary N) is 4. The van der Waals surface area contributed by atoms with Crippen molar-refractivity contribution in [1.82, 2.24) is 10.9 Å². The van der Waals surface area contributed by atoms with Gasteiger partial charge < -0.3 is 10.6 Å². The third kappa shape index (κ3) is 2.63. The molecule has 5 fully saturated rings. The summed E-state index contributed by atoms with van der Waals surface area (Å²) in [5.74, 6) is 4.02. The van der Waals surface area contributed by atoms with Gasteiger partial charge in [0.2, 0.25) is 0 Å². The van der Waals surface area contributed by atoms with E-state index in [9.17, 15) is 9.59 Å². The largest absolute Gasteiger partial charge is 0.339 e. The molecule has 7 rings (SSSR count). The van der Waals surface area contributed by atoms with Gasteiger partial charge in [-0.05, 0) is 54.4 Å². The maximum absolute atomic E-state index is 12.3. The van der Waals surface area contributed by atoms with Crippen molar-refractivity contribution in [3.05, 3.63) is 60.7 Å². The van der Waals surface area contributed by atoms with Crippen LogP contribution in [0.1, 0.15) is 6.42 Å². The number of carbonyl (C=O) groups excluding carboxylic acids is 2. The highest BCUT2D eigenvalue weighted by Gasteiger charge is 2.82. The van der Waals surface area contributed by atoms with Crippen molar-refractivity contribution in [1.29, 1.82) is 0 Å². The SMILES string of the molecule is O=C(N/N=C1/[C@H]2[C@H]3C[C@@H]4[C@@H]2/C(=N/NC(=O)Nc2ccccc2)[C@H]2[C@H]1[C@@H]3[C@@H]42)Nc1ccccc1. The zero-order valence-corrected chi connectivity index (χ0v) is 17.8. The van der Waals surface area contributed by atoms with Crippen LogP contribution in [0, 0.1) is 47.3 Å². The Kier molecular flexibility index (Phi) is 3.95. The van der Waals surface area contributed by atoms with Gasteiger partial charge in [0.1, 0.15) is 0 Å². The van der Waals surface area contributed by atoms with E-state index < -0.39 is 0 Å². The highest BCUT2D eigenvalue weighted by Crippen LogP contribution is 2.80. The van der Waals surface area contributed by atoms with Gasteiger partial charge in [-0.1, -0.05) is 36.4 Å². The number of amides is 4. The Labute approximate surface area is 190 Å². The molecule has 2 aromatic rings. The van der Waals surface area contributed by atoms with E-state index in [2.05, 4.69) is 31.7 Å². The molecule has 5 saturated carbocycles. The molecule has 5 aliphatic rings. The van der Waals surface area contributed by atoms with E-state index >= 15 is 0 Å². The van der Waals surface area contributed by atoms with Gasteiger partial charge in [0, 0.05) is 46.5 Å². The summed E-state index contributed by atoms with van der Waals surface area (Å²) < 4.78 is 0. The van der Waals surface area contributed by atoms with E-state index in [0.29, 0.717) is 47.3 Å². The van der Waals surface area contributed by atoms with Crippen molar-refractivity contribution >= 4 is 34.9 Å². The number of hydrogen-bond acceptors (Lipinski definition) is 4. The molecule has 0 spiro atoms. The predicted octanol–water partition coefficient (Wildman–Crippen LogP) is 3.73. The lowest BCUT2D eigenvalue weighted by Gasteiger charge is -2.44. The zero-order chi connectivity index (χ0) is 22.1. The molecule has 0 aliphatic heterocycles. The Bertz CT molecular complexity index is 1100. The van der Waals surface area contributed by atoms with Crippen LogP contribution in [0.3, 0.4) is 0 Å². The molecule has 33 heavy (non-hydrogen) atoms. The maximum atomic E-state index is 12.3. The highest BCUT2D eigenvalue weighted by atomic mass is 16.2. The average Bonchev–Trinajstić information content (AvgIpc) is 3.36. The number of rotatable bonds is 4. The Morgan fingerprint density at radius 2 is 1.06 bits per heavy atom. The first kappa shape index (κ1) is 18.8. The van der Waals surface area contributed by atoms with Crippen molar-refractivity contribution in [2.45, 2.75) is 6.42 Å². The molecule has 0 aromatic heterocycles. The van der Waals surface area contributed by atoms with Crippen LogP contribution in [0.4, 0.5) is 21.0 Å². The molecule has 0 heterocycles. The minimum atomic E-state index is -0.319. The smallest absolute Gasteiger partial charge is 0.307 e. The van der Waals surface area contributed by atoms with E-state index in [4.69, 9.17) is 0 Å². The summed E-state index contributed by atoms with van der Waals surface area (Å²) in [5.41, 5.74) is 9.23. The second-order valence-electron chi connectivity index (χ2n) is 9.76. The number of carbonyl (C=O) groups is 2. The van der Waals surface area contributed by atoms with Crippen LogP contribution in [0.5, 0.6) is 0 Å². The second kappa shape index (κ2) is 6.91. The first-order valence-corrected chi connectivity index (χ1v) is 11.6. The molecule has 8 atom stereocenters. The third-order valence-corrected chi connectivity index (χ3v) is 8.51. The number of hydrogen-bond donors (Lipinski definition) is 4. The number of nitrogens with zero attached hydrogens (tertiary/aromatic N) is 2. The van der Waals surface area contributed by atoms with E-state index in [1.807, 2.05) is 60.7 Å². The summed E-state index contributed by atoms with van der Waals surface area (Å²) >= 11 is 0. The number of para-hydroxylation sites is 2. The minimum Gasteiger partial charge on any atom is -0.307 e. The van der Waals surface area contributed by atoms with Gasteiger partial charge in [-0.25, -0.2) is 20.4 Å². The monoisotopic (exact) mass is 440 g/mol.